The summed E-state index contributed by atoms with van der Waals surface area (Å²) in [6.45, 7) is 4.82. The molecule has 0 saturated heterocycles. The van der Waals surface area contributed by atoms with Crippen LogP contribution in [0.2, 0.25) is 0 Å². The predicted octanol–water partition coefficient (Wildman–Crippen LogP) is 6.18. The molecule has 35 heavy (non-hydrogen) atoms. The molecule has 178 valence electrons. The van der Waals surface area contributed by atoms with E-state index in [2.05, 4.69) is 85.1 Å². The molecular weight excluding hydrogens is 434 g/mol. The van der Waals surface area contributed by atoms with Crippen LogP contribution in [0.3, 0.4) is 0 Å². The van der Waals surface area contributed by atoms with E-state index in [4.69, 9.17) is 9.47 Å². The van der Waals surface area contributed by atoms with Crippen LogP contribution >= 0.6 is 0 Å². The lowest BCUT2D eigenvalue weighted by Crippen LogP contribution is -2.38. The van der Waals surface area contributed by atoms with Gasteiger partial charge in [0.15, 0.2) is 0 Å². The molecule has 0 spiro atoms. The number of allylic oxidation sites excluding steroid dienone is 2. The molecule has 1 N–H and O–H groups in total. The molecule has 0 amide bonds. The standard InChI is InChI=1S/C31H31NO3/c1-20-15-16-23(17-28(20)31(33)34-3)29-18-24(35-30-14-7-6-12-27(29)30)19-32-21(2)25-13-8-10-22-9-4-5-11-26(22)25/h4-18,21,24,27,30,32H,19H2,1-3H3/t21-,24-,27?,30?/m1/s1. The van der Waals surface area contributed by atoms with Gasteiger partial charge in [-0.1, -0.05) is 85.0 Å². The van der Waals surface area contributed by atoms with Crippen LogP contribution < -0.4 is 5.32 Å². The molecule has 0 bridgehead atoms. The Morgan fingerprint density at radius 3 is 2.71 bits per heavy atom. The minimum absolute atomic E-state index is 0.0393. The minimum atomic E-state index is -0.310. The molecule has 2 unspecified atom stereocenters. The summed E-state index contributed by atoms with van der Waals surface area (Å²) in [5.41, 5.74) is 5.00. The Morgan fingerprint density at radius 1 is 1.06 bits per heavy atom. The van der Waals surface area contributed by atoms with Crippen molar-refractivity contribution >= 4 is 22.3 Å². The van der Waals surface area contributed by atoms with Gasteiger partial charge in [0.1, 0.15) is 0 Å². The van der Waals surface area contributed by atoms with E-state index in [-0.39, 0.29) is 30.1 Å². The number of hydrogen-bond donors (Lipinski definition) is 1. The van der Waals surface area contributed by atoms with Crippen molar-refractivity contribution in [3.05, 3.63) is 113 Å². The lowest BCUT2D eigenvalue weighted by Gasteiger charge is -2.36. The van der Waals surface area contributed by atoms with Crippen molar-refractivity contribution in [3.8, 4) is 0 Å². The maximum Gasteiger partial charge on any atom is 0.338 e. The van der Waals surface area contributed by atoms with E-state index in [9.17, 15) is 4.79 Å². The molecule has 3 aromatic carbocycles. The first-order chi connectivity index (χ1) is 17.0. The topological polar surface area (TPSA) is 47.6 Å². The average molecular weight is 466 g/mol. The fourth-order valence-electron chi connectivity index (χ4n) is 5.11. The second-order valence-corrected chi connectivity index (χ2v) is 9.28. The largest absolute Gasteiger partial charge is 0.465 e. The van der Waals surface area contributed by atoms with Crippen molar-refractivity contribution in [2.75, 3.05) is 13.7 Å². The second-order valence-electron chi connectivity index (χ2n) is 9.28. The van der Waals surface area contributed by atoms with E-state index in [1.807, 2.05) is 25.1 Å². The van der Waals surface area contributed by atoms with Gasteiger partial charge >= 0.3 is 5.97 Å². The average Bonchev–Trinajstić information content (AvgIpc) is 2.90. The molecule has 3 aromatic rings. The van der Waals surface area contributed by atoms with Gasteiger partial charge in [-0.15, -0.1) is 0 Å². The first kappa shape index (κ1) is 23.3. The quantitative estimate of drug-likeness (QED) is 0.442. The summed E-state index contributed by atoms with van der Waals surface area (Å²) in [5, 5.41) is 6.21. The number of fused-ring (bicyclic) bond motifs is 2. The summed E-state index contributed by atoms with van der Waals surface area (Å²) >= 11 is 0. The zero-order valence-corrected chi connectivity index (χ0v) is 20.4. The van der Waals surface area contributed by atoms with Crippen LogP contribution in [0, 0.1) is 12.8 Å². The SMILES string of the molecule is COC(=O)c1cc(C2=C[C@H](CN[C@H](C)c3cccc4ccccc34)OC3C=CC=CC23)ccc1C. The Labute approximate surface area is 207 Å². The van der Waals surface area contributed by atoms with E-state index < -0.39 is 0 Å². The molecule has 0 aromatic heterocycles. The second kappa shape index (κ2) is 10.0. The fraction of sp³-hybridized carbons (Fsp3) is 0.258. The lowest BCUT2D eigenvalue weighted by molar-refractivity contribution is 0.0196. The summed E-state index contributed by atoms with van der Waals surface area (Å²) in [7, 11) is 1.42. The van der Waals surface area contributed by atoms with Gasteiger partial charge in [-0.05, 0) is 52.9 Å². The third-order valence-corrected chi connectivity index (χ3v) is 7.03. The Kier molecular flexibility index (Phi) is 6.67. The van der Waals surface area contributed by atoms with Gasteiger partial charge in [0.25, 0.3) is 0 Å². The van der Waals surface area contributed by atoms with Gasteiger partial charge in [-0.3, -0.25) is 0 Å². The maximum absolute atomic E-state index is 12.3. The highest BCUT2D eigenvalue weighted by molar-refractivity contribution is 5.92. The predicted molar refractivity (Wildman–Crippen MR) is 141 cm³/mol. The van der Waals surface area contributed by atoms with Gasteiger partial charge < -0.3 is 14.8 Å². The highest BCUT2D eigenvalue weighted by atomic mass is 16.5. The van der Waals surface area contributed by atoms with Crippen LogP contribution in [0.1, 0.15) is 40.0 Å². The van der Waals surface area contributed by atoms with Crippen LogP contribution in [0.5, 0.6) is 0 Å². The van der Waals surface area contributed by atoms with Crippen molar-refractivity contribution in [3.63, 3.8) is 0 Å². The van der Waals surface area contributed by atoms with Crippen LogP contribution in [0.4, 0.5) is 0 Å². The maximum atomic E-state index is 12.3. The van der Waals surface area contributed by atoms with E-state index in [1.165, 1.54) is 29.0 Å². The van der Waals surface area contributed by atoms with Gasteiger partial charge in [0.2, 0.25) is 0 Å². The monoisotopic (exact) mass is 465 g/mol. The summed E-state index contributed by atoms with van der Waals surface area (Å²) in [4.78, 5) is 12.3. The summed E-state index contributed by atoms with van der Waals surface area (Å²) < 4.78 is 11.5. The van der Waals surface area contributed by atoms with Gasteiger partial charge in [-0.2, -0.15) is 0 Å². The molecule has 0 saturated carbocycles. The van der Waals surface area contributed by atoms with Gasteiger partial charge in [0, 0.05) is 18.5 Å². The van der Waals surface area contributed by atoms with Crippen molar-refractivity contribution in [1.29, 1.82) is 0 Å². The van der Waals surface area contributed by atoms with E-state index >= 15 is 0 Å². The minimum Gasteiger partial charge on any atom is -0.465 e. The van der Waals surface area contributed by atoms with Crippen LogP contribution in [0.25, 0.3) is 16.3 Å². The fourth-order valence-corrected chi connectivity index (χ4v) is 5.11. The summed E-state index contributed by atoms with van der Waals surface area (Å²) in [6, 6.07) is 21.2. The molecule has 2 aliphatic rings. The van der Waals surface area contributed by atoms with E-state index in [0.29, 0.717) is 12.1 Å². The van der Waals surface area contributed by atoms with Crippen molar-refractivity contribution in [2.45, 2.75) is 32.1 Å². The molecule has 4 atom stereocenters. The zero-order valence-electron chi connectivity index (χ0n) is 20.4. The molecule has 0 radical (unpaired) electrons. The zero-order chi connectivity index (χ0) is 24.4. The van der Waals surface area contributed by atoms with Crippen molar-refractivity contribution < 1.29 is 14.3 Å². The molecule has 4 nitrogen and oxygen atoms in total. The normalized spacial score (nSPS) is 21.9. The third kappa shape index (κ3) is 4.72. The Hall–Kier alpha value is -3.47. The Balaban J connectivity index is 1.41. The van der Waals surface area contributed by atoms with Gasteiger partial charge in [-0.25, -0.2) is 4.79 Å². The molecule has 1 aliphatic carbocycles. The number of esters is 1. The number of rotatable bonds is 6. The molecule has 1 aliphatic heterocycles. The highest BCUT2D eigenvalue weighted by Gasteiger charge is 2.32. The van der Waals surface area contributed by atoms with Crippen LogP contribution in [-0.4, -0.2) is 31.8 Å². The first-order valence-electron chi connectivity index (χ1n) is 12.2. The van der Waals surface area contributed by atoms with Crippen LogP contribution in [-0.2, 0) is 9.47 Å². The third-order valence-electron chi connectivity index (χ3n) is 7.03. The highest BCUT2D eigenvalue weighted by Crippen LogP contribution is 2.37. The van der Waals surface area contributed by atoms with Crippen molar-refractivity contribution in [2.24, 2.45) is 5.92 Å². The number of carbonyl (C=O) groups is 1. The van der Waals surface area contributed by atoms with E-state index in [1.54, 1.807) is 0 Å². The Morgan fingerprint density at radius 2 is 1.86 bits per heavy atom. The van der Waals surface area contributed by atoms with Gasteiger partial charge in [0.05, 0.1) is 24.9 Å². The molecule has 5 rings (SSSR count). The Bertz CT molecular complexity index is 1330. The molecule has 4 heteroatoms. The smallest absolute Gasteiger partial charge is 0.338 e. The number of nitrogens with one attached hydrogen (secondary N) is 1. The lowest BCUT2D eigenvalue weighted by atomic mass is 9.82. The van der Waals surface area contributed by atoms with E-state index in [0.717, 1.165) is 11.1 Å². The number of benzene rings is 3. The molecular formula is C31H31NO3. The summed E-state index contributed by atoms with van der Waals surface area (Å²) in [6.07, 6.45) is 10.5. The first-order valence-corrected chi connectivity index (χ1v) is 12.2. The summed E-state index contributed by atoms with van der Waals surface area (Å²) in [5.74, 6) is -0.199. The van der Waals surface area contributed by atoms with Crippen molar-refractivity contribution in [1.82, 2.24) is 5.32 Å². The molecule has 0 fully saturated rings. The number of hydrogen-bond acceptors (Lipinski definition) is 4. The number of aryl methyl sites for hydroxylation is 1. The van der Waals surface area contributed by atoms with Crippen LogP contribution in [0.15, 0.2) is 91.0 Å². The number of methoxy groups -OCH3 is 1. The number of carbonyl (C=O) groups excluding carboxylic acids is 1. The molecule has 1 heterocycles. The number of ether oxygens (including phenoxy) is 2.